The van der Waals surface area contributed by atoms with Crippen LogP contribution in [0.15, 0.2) is 24.4 Å². The van der Waals surface area contributed by atoms with Crippen LogP contribution in [0.1, 0.15) is 56.2 Å². The number of amides is 1. The molecule has 1 amide bonds. The molecule has 0 atom stereocenters. The van der Waals surface area contributed by atoms with Crippen molar-refractivity contribution in [2.24, 2.45) is 0 Å². The SMILES string of the molecule is O=C(CCC(=O)n1ncc2ccc(Cl)cc21)NC1CCCCCC1. The van der Waals surface area contributed by atoms with Crippen molar-refractivity contribution >= 4 is 34.3 Å². The molecule has 1 fully saturated rings. The summed E-state index contributed by atoms with van der Waals surface area (Å²) in [6, 6.07) is 5.57. The normalized spacial score (nSPS) is 16.0. The molecule has 0 spiro atoms. The Morgan fingerprint density at radius 3 is 2.67 bits per heavy atom. The molecule has 1 aliphatic carbocycles. The standard InChI is InChI=1S/C18H22ClN3O2/c19-14-8-7-13-12-20-22(16(13)11-14)18(24)10-9-17(23)21-15-5-3-1-2-4-6-15/h7-8,11-12,15H,1-6,9-10H2,(H,21,23). The first-order valence-corrected chi connectivity index (χ1v) is 8.97. The molecule has 0 aliphatic heterocycles. The quantitative estimate of drug-likeness (QED) is 0.852. The van der Waals surface area contributed by atoms with Gasteiger partial charge in [0, 0.05) is 29.3 Å². The summed E-state index contributed by atoms with van der Waals surface area (Å²) in [5, 5.41) is 8.60. The third kappa shape index (κ3) is 4.15. The smallest absolute Gasteiger partial charge is 0.247 e. The molecule has 1 N–H and O–H groups in total. The van der Waals surface area contributed by atoms with Crippen molar-refractivity contribution in [1.82, 2.24) is 15.1 Å². The first kappa shape index (κ1) is 17.0. The van der Waals surface area contributed by atoms with Gasteiger partial charge in [0.1, 0.15) is 0 Å². The van der Waals surface area contributed by atoms with Crippen LogP contribution in [0.2, 0.25) is 5.02 Å². The highest BCUT2D eigenvalue weighted by Gasteiger charge is 2.17. The van der Waals surface area contributed by atoms with Gasteiger partial charge in [-0.3, -0.25) is 9.59 Å². The monoisotopic (exact) mass is 347 g/mol. The van der Waals surface area contributed by atoms with E-state index in [0.717, 1.165) is 18.2 Å². The second-order valence-electron chi connectivity index (χ2n) is 6.41. The molecular weight excluding hydrogens is 326 g/mol. The third-order valence-corrected chi connectivity index (χ3v) is 4.79. The number of carbonyl (C=O) groups excluding carboxylic acids is 2. The van der Waals surface area contributed by atoms with E-state index in [9.17, 15) is 9.59 Å². The van der Waals surface area contributed by atoms with Gasteiger partial charge in [-0.2, -0.15) is 5.10 Å². The van der Waals surface area contributed by atoms with Crippen LogP contribution in [0.25, 0.3) is 10.9 Å². The van der Waals surface area contributed by atoms with E-state index >= 15 is 0 Å². The van der Waals surface area contributed by atoms with Crippen LogP contribution in [-0.2, 0) is 4.79 Å². The van der Waals surface area contributed by atoms with Gasteiger partial charge in [0.25, 0.3) is 0 Å². The van der Waals surface area contributed by atoms with Gasteiger partial charge in [-0.25, -0.2) is 4.68 Å². The number of carbonyl (C=O) groups is 2. The van der Waals surface area contributed by atoms with Crippen LogP contribution in [0.4, 0.5) is 0 Å². The summed E-state index contributed by atoms with van der Waals surface area (Å²) in [4.78, 5) is 24.5. The fraction of sp³-hybridized carbons (Fsp3) is 0.500. The molecule has 1 aromatic heterocycles. The van der Waals surface area contributed by atoms with E-state index in [0.29, 0.717) is 10.5 Å². The van der Waals surface area contributed by atoms with E-state index in [1.807, 2.05) is 6.07 Å². The molecular formula is C18H22ClN3O2. The van der Waals surface area contributed by atoms with Crippen molar-refractivity contribution in [2.75, 3.05) is 0 Å². The van der Waals surface area contributed by atoms with Crippen LogP contribution in [0.3, 0.4) is 0 Å². The zero-order valence-electron chi connectivity index (χ0n) is 13.6. The van der Waals surface area contributed by atoms with E-state index in [4.69, 9.17) is 11.6 Å². The van der Waals surface area contributed by atoms with Gasteiger partial charge < -0.3 is 5.32 Å². The maximum atomic E-state index is 12.4. The fourth-order valence-corrected chi connectivity index (χ4v) is 3.41. The number of aromatic nitrogens is 2. The zero-order chi connectivity index (χ0) is 16.9. The second-order valence-corrected chi connectivity index (χ2v) is 6.85. The van der Waals surface area contributed by atoms with E-state index in [1.54, 1.807) is 18.3 Å². The van der Waals surface area contributed by atoms with Gasteiger partial charge >= 0.3 is 0 Å². The lowest BCUT2D eigenvalue weighted by molar-refractivity contribution is -0.121. The predicted octanol–water partition coefficient (Wildman–Crippen LogP) is 3.95. The minimum atomic E-state index is -0.191. The lowest BCUT2D eigenvalue weighted by Gasteiger charge is -2.15. The van der Waals surface area contributed by atoms with Crippen LogP contribution in [-0.4, -0.2) is 27.6 Å². The van der Waals surface area contributed by atoms with Crippen LogP contribution in [0.5, 0.6) is 0 Å². The van der Waals surface area contributed by atoms with Gasteiger partial charge in [0.15, 0.2) is 0 Å². The summed E-state index contributed by atoms with van der Waals surface area (Å²) in [6.07, 6.45) is 8.89. The fourth-order valence-electron chi connectivity index (χ4n) is 3.24. The predicted molar refractivity (Wildman–Crippen MR) is 94.2 cm³/mol. The summed E-state index contributed by atoms with van der Waals surface area (Å²) < 4.78 is 1.33. The summed E-state index contributed by atoms with van der Waals surface area (Å²) >= 11 is 5.99. The lowest BCUT2D eigenvalue weighted by atomic mass is 10.1. The number of fused-ring (bicyclic) bond motifs is 1. The van der Waals surface area contributed by atoms with Crippen molar-refractivity contribution in [3.63, 3.8) is 0 Å². The summed E-state index contributed by atoms with van der Waals surface area (Å²) in [5.41, 5.74) is 0.677. The number of benzene rings is 1. The molecule has 5 nitrogen and oxygen atoms in total. The van der Waals surface area contributed by atoms with Crippen molar-refractivity contribution in [2.45, 2.75) is 57.4 Å². The minimum Gasteiger partial charge on any atom is -0.353 e. The first-order chi connectivity index (χ1) is 11.6. The molecule has 0 saturated heterocycles. The highest BCUT2D eigenvalue weighted by Crippen LogP contribution is 2.20. The first-order valence-electron chi connectivity index (χ1n) is 8.59. The number of nitrogens with one attached hydrogen (secondary N) is 1. The Balaban J connectivity index is 1.56. The Morgan fingerprint density at radius 1 is 1.17 bits per heavy atom. The average molecular weight is 348 g/mol. The largest absolute Gasteiger partial charge is 0.353 e. The van der Waals surface area contributed by atoms with E-state index in [-0.39, 0.29) is 30.7 Å². The second kappa shape index (κ2) is 7.79. The summed E-state index contributed by atoms with van der Waals surface area (Å²) in [7, 11) is 0. The van der Waals surface area contributed by atoms with E-state index in [1.165, 1.54) is 30.4 Å². The molecule has 24 heavy (non-hydrogen) atoms. The molecule has 1 aliphatic rings. The lowest BCUT2D eigenvalue weighted by Crippen LogP contribution is -2.34. The molecule has 0 radical (unpaired) electrons. The number of rotatable bonds is 4. The Bertz CT molecular complexity index is 733. The Morgan fingerprint density at radius 2 is 1.92 bits per heavy atom. The zero-order valence-corrected chi connectivity index (χ0v) is 14.4. The highest BCUT2D eigenvalue weighted by atomic mass is 35.5. The van der Waals surface area contributed by atoms with E-state index < -0.39 is 0 Å². The molecule has 1 saturated carbocycles. The molecule has 128 valence electrons. The molecule has 1 aromatic carbocycles. The topological polar surface area (TPSA) is 64.0 Å². The highest BCUT2D eigenvalue weighted by molar-refractivity contribution is 6.31. The van der Waals surface area contributed by atoms with Crippen molar-refractivity contribution < 1.29 is 9.59 Å². The Kier molecular flexibility index (Phi) is 5.51. The minimum absolute atomic E-state index is 0.0512. The molecule has 6 heteroatoms. The molecule has 0 unspecified atom stereocenters. The van der Waals surface area contributed by atoms with Gasteiger partial charge in [-0.15, -0.1) is 0 Å². The van der Waals surface area contributed by atoms with Gasteiger partial charge in [-0.05, 0) is 31.0 Å². The maximum absolute atomic E-state index is 12.4. The molecule has 0 bridgehead atoms. The van der Waals surface area contributed by atoms with Crippen molar-refractivity contribution in [3.8, 4) is 0 Å². The summed E-state index contributed by atoms with van der Waals surface area (Å²) in [5.74, 6) is -0.243. The van der Waals surface area contributed by atoms with Crippen molar-refractivity contribution in [3.05, 3.63) is 29.4 Å². The number of hydrogen-bond acceptors (Lipinski definition) is 3. The Hall–Kier alpha value is -1.88. The number of nitrogens with zero attached hydrogens (tertiary/aromatic N) is 2. The molecule has 1 heterocycles. The average Bonchev–Trinajstić information content (AvgIpc) is 2.81. The number of hydrogen-bond donors (Lipinski definition) is 1. The van der Waals surface area contributed by atoms with Crippen LogP contribution < -0.4 is 5.32 Å². The van der Waals surface area contributed by atoms with Crippen molar-refractivity contribution in [1.29, 1.82) is 0 Å². The van der Waals surface area contributed by atoms with Crippen LogP contribution in [0, 0.1) is 0 Å². The van der Waals surface area contributed by atoms with Crippen LogP contribution >= 0.6 is 11.6 Å². The van der Waals surface area contributed by atoms with Gasteiger partial charge in [0.05, 0.1) is 11.7 Å². The van der Waals surface area contributed by atoms with Gasteiger partial charge in [-0.1, -0.05) is 37.3 Å². The van der Waals surface area contributed by atoms with Gasteiger partial charge in [0.2, 0.25) is 11.8 Å². The third-order valence-electron chi connectivity index (χ3n) is 4.56. The maximum Gasteiger partial charge on any atom is 0.247 e. The number of halogens is 1. The Labute approximate surface area is 146 Å². The van der Waals surface area contributed by atoms with E-state index in [2.05, 4.69) is 10.4 Å². The molecule has 3 rings (SSSR count). The molecule has 2 aromatic rings. The summed E-state index contributed by atoms with van der Waals surface area (Å²) in [6.45, 7) is 0.